The number of aromatic hydroxyl groups is 4. The van der Waals surface area contributed by atoms with Gasteiger partial charge < -0.3 is 20.4 Å². The standard InChI is InChI=1S/C25H36O2.C15H12Br4O2/c1-9-16-11-18(22(26)20(13-16)24(3,4)5)15-19-12-17(10-2)14-21(23(19)27)25(6,7)8;1-15(2,7-3-9(16)13(20)10(17)4-7)8-5-11(18)14(21)12(19)6-8/h11-14,26-27H,9-10,15H2,1-8H3;3-6,20-21H,1-2H3. The lowest BCUT2D eigenvalue weighted by atomic mass is 9.78. The van der Waals surface area contributed by atoms with Gasteiger partial charge in [-0.3, -0.25) is 0 Å². The van der Waals surface area contributed by atoms with Crippen LogP contribution in [0.1, 0.15) is 114 Å². The van der Waals surface area contributed by atoms with E-state index >= 15 is 0 Å². The Morgan fingerprint density at radius 2 is 0.750 bits per heavy atom. The Balaban J connectivity index is 0.000000269. The molecule has 0 aliphatic rings. The molecule has 0 fully saturated rings. The van der Waals surface area contributed by atoms with Crippen LogP contribution in [0, 0.1) is 0 Å². The highest BCUT2D eigenvalue weighted by Gasteiger charge is 2.27. The molecule has 0 aromatic heterocycles. The lowest BCUT2D eigenvalue weighted by Crippen LogP contribution is -2.19. The van der Waals surface area contributed by atoms with E-state index in [0.29, 0.717) is 35.8 Å². The van der Waals surface area contributed by atoms with Gasteiger partial charge in [0.1, 0.15) is 23.0 Å². The quantitative estimate of drug-likeness (QED) is 0.155. The zero-order chi connectivity index (χ0) is 36.5. The van der Waals surface area contributed by atoms with Crippen molar-refractivity contribution in [3.8, 4) is 23.0 Å². The Bertz CT molecular complexity index is 1620. The van der Waals surface area contributed by atoms with Crippen molar-refractivity contribution in [2.45, 2.75) is 105 Å². The first-order valence-corrected chi connectivity index (χ1v) is 19.3. The Kier molecular flexibility index (Phi) is 13.0. The number of benzene rings is 4. The van der Waals surface area contributed by atoms with Gasteiger partial charge in [0.2, 0.25) is 0 Å². The fraction of sp³-hybridized carbons (Fsp3) is 0.400. The molecule has 4 N–H and O–H groups in total. The fourth-order valence-electron chi connectivity index (χ4n) is 5.57. The van der Waals surface area contributed by atoms with Gasteiger partial charge in [0, 0.05) is 11.8 Å². The second-order valence-electron chi connectivity index (χ2n) is 14.9. The summed E-state index contributed by atoms with van der Waals surface area (Å²) in [5, 5.41) is 41.6. The lowest BCUT2D eigenvalue weighted by molar-refractivity contribution is 0.435. The Labute approximate surface area is 320 Å². The predicted octanol–water partition coefficient (Wildman–Crippen LogP) is 12.9. The molecule has 0 heterocycles. The van der Waals surface area contributed by atoms with E-state index in [2.05, 4.69) is 157 Å². The normalized spacial score (nSPS) is 12.1. The average Bonchev–Trinajstić information content (AvgIpc) is 2.99. The highest BCUT2D eigenvalue weighted by atomic mass is 79.9. The molecule has 48 heavy (non-hydrogen) atoms. The molecule has 4 rings (SSSR count). The second kappa shape index (κ2) is 15.5. The predicted molar refractivity (Wildman–Crippen MR) is 214 cm³/mol. The number of rotatable bonds is 6. The summed E-state index contributed by atoms with van der Waals surface area (Å²) in [5.74, 6) is 1.09. The summed E-state index contributed by atoms with van der Waals surface area (Å²) in [4.78, 5) is 0. The number of hydrogen-bond acceptors (Lipinski definition) is 4. The largest absolute Gasteiger partial charge is 0.507 e. The van der Waals surface area contributed by atoms with Gasteiger partial charge in [-0.1, -0.05) is 93.5 Å². The molecule has 260 valence electrons. The topological polar surface area (TPSA) is 80.9 Å². The third-order valence-electron chi connectivity index (χ3n) is 8.79. The Morgan fingerprint density at radius 1 is 0.458 bits per heavy atom. The van der Waals surface area contributed by atoms with E-state index in [-0.39, 0.29) is 27.7 Å². The van der Waals surface area contributed by atoms with Gasteiger partial charge in [-0.2, -0.15) is 0 Å². The van der Waals surface area contributed by atoms with Crippen molar-refractivity contribution in [3.63, 3.8) is 0 Å². The van der Waals surface area contributed by atoms with Crippen molar-refractivity contribution < 1.29 is 20.4 Å². The number of halogens is 4. The van der Waals surface area contributed by atoms with Crippen molar-refractivity contribution in [1.29, 1.82) is 0 Å². The van der Waals surface area contributed by atoms with Crippen LogP contribution in [0.5, 0.6) is 23.0 Å². The van der Waals surface area contributed by atoms with Crippen molar-refractivity contribution in [2.75, 3.05) is 0 Å². The molecule has 4 aromatic rings. The summed E-state index contributed by atoms with van der Waals surface area (Å²) < 4.78 is 2.54. The van der Waals surface area contributed by atoms with Crippen LogP contribution < -0.4 is 0 Å². The summed E-state index contributed by atoms with van der Waals surface area (Å²) >= 11 is 13.5. The number of phenols is 4. The van der Waals surface area contributed by atoms with Gasteiger partial charge in [-0.05, 0) is 156 Å². The van der Waals surface area contributed by atoms with E-state index in [1.807, 2.05) is 24.3 Å². The smallest absolute Gasteiger partial charge is 0.143 e. The number of phenolic OH excluding ortho intramolecular Hbond substituents is 4. The molecule has 4 nitrogen and oxygen atoms in total. The summed E-state index contributed by atoms with van der Waals surface area (Å²) in [5.41, 5.74) is 7.65. The zero-order valence-electron chi connectivity index (χ0n) is 29.5. The van der Waals surface area contributed by atoms with Gasteiger partial charge >= 0.3 is 0 Å². The molecule has 0 spiro atoms. The molecule has 0 amide bonds. The molecule has 0 atom stereocenters. The molecular weight excluding hydrogens is 864 g/mol. The monoisotopic (exact) mass is 908 g/mol. The number of aryl methyl sites for hydroxylation is 2. The molecule has 0 bridgehead atoms. The average molecular weight is 912 g/mol. The fourth-order valence-corrected chi connectivity index (χ4v) is 7.94. The first kappa shape index (κ1) is 40.4. The molecule has 8 heteroatoms. The summed E-state index contributed by atoms with van der Waals surface area (Å²) in [6.07, 6.45) is 2.38. The zero-order valence-corrected chi connectivity index (χ0v) is 35.9. The Morgan fingerprint density at radius 3 is 1.00 bits per heavy atom. The summed E-state index contributed by atoms with van der Waals surface area (Å²) in [6, 6.07) is 16.0. The van der Waals surface area contributed by atoms with Gasteiger partial charge in [-0.25, -0.2) is 0 Å². The van der Waals surface area contributed by atoms with Gasteiger partial charge in [0.25, 0.3) is 0 Å². The van der Waals surface area contributed by atoms with Crippen LogP contribution in [0.3, 0.4) is 0 Å². The van der Waals surface area contributed by atoms with Crippen molar-refractivity contribution in [2.24, 2.45) is 0 Å². The third kappa shape index (κ3) is 9.21. The Hall–Kier alpha value is -2.00. The molecule has 0 saturated carbocycles. The van der Waals surface area contributed by atoms with Crippen LogP contribution in [-0.4, -0.2) is 20.4 Å². The minimum absolute atomic E-state index is 0.131. The third-order valence-corrected chi connectivity index (χ3v) is 11.2. The van der Waals surface area contributed by atoms with Crippen molar-refractivity contribution in [3.05, 3.63) is 111 Å². The molecule has 0 aliphatic carbocycles. The lowest BCUT2D eigenvalue weighted by Gasteiger charge is -2.27. The van der Waals surface area contributed by atoms with Crippen LogP contribution in [0.2, 0.25) is 0 Å². The van der Waals surface area contributed by atoms with E-state index in [1.54, 1.807) is 0 Å². The van der Waals surface area contributed by atoms with Gasteiger partial charge in [0.15, 0.2) is 0 Å². The maximum absolute atomic E-state index is 11.0. The van der Waals surface area contributed by atoms with Crippen LogP contribution in [-0.2, 0) is 35.5 Å². The molecular formula is C40H48Br4O4. The van der Waals surface area contributed by atoms with E-state index in [1.165, 1.54) is 11.1 Å². The molecule has 4 aromatic carbocycles. The van der Waals surface area contributed by atoms with E-state index < -0.39 is 0 Å². The minimum Gasteiger partial charge on any atom is -0.507 e. The van der Waals surface area contributed by atoms with Crippen LogP contribution in [0.4, 0.5) is 0 Å². The molecule has 0 radical (unpaired) electrons. The maximum atomic E-state index is 11.0. The summed E-state index contributed by atoms with van der Waals surface area (Å²) in [7, 11) is 0. The molecule has 0 unspecified atom stereocenters. The highest BCUT2D eigenvalue weighted by molar-refractivity contribution is 9.11. The van der Waals surface area contributed by atoms with E-state index in [4.69, 9.17) is 0 Å². The van der Waals surface area contributed by atoms with Crippen LogP contribution >= 0.6 is 63.7 Å². The van der Waals surface area contributed by atoms with Crippen LogP contribution in [0.25, 0.3) is 0 Å². The molecule has 0 saturated heterocycles. The van der Waals surface area contributed by atoms with Crippen LogP contribution in [0.15, 0.2) is 66.4 Å². The van der Waals surface area contributed by atoms with E-state index in [0.717, 1.165) is 46.2 Å². The summed E-state index contributed by atoms with van der Waals surface area (Å²) in [6.45, 7) is 21.2. The minimum atomic E-state index is -0.308. The number of hydrogen-bond donors (Lipinski definition) is 4. The van der Waals surface area contributed by atoms with Crippen molar-refractivity contribution >= 4 is 63.7 Å². The SMILES string of the molecule is CC(C)(c1cc(Br)c(O)c(Br)c1)c1cc(Br)c(O)c(Br)c1.CCc1cc(Cc2cc(CC)cc(C(C)(C)C)c2O)c(O)c(C(C)(C)C)c1. The second-order valence-corrected chi connectivity index (χ2v) is 18.3. The van der Waals surface area contributed by atoms with Gasteiger partial charge in [-0.15, -0.1) is 0 Å². The first-order chi connectivity index (χ1) is 22.0. The first-order valence-electron chi connectivity index (χ1n) is 16.1. The van der Waals surface area contributed by atoms with Crippen molar-refractivity contribution in [1.82, 2.24) is 0 Å². The van der Waals surface area contributed by atoms with Gasteiger partial charge in [0.05, 0.1) is 17.9 Å². The maximum Gasteiger partial charge on any atom is 0.143 e. The highest BCUT2D eigenvalue weighted by Crippen LogP contribution is 2.44. The van der Waals surface area contributed by atoms with E-state index in [9.17, 15) is 20.4 Å². The molecule has 0 aliphatic heterocycles.